The number of hydrogen-bond acceptors (Lipinski definition) is 3. The molecule has 1 heterocycles. The highest BCUT2D eigenvalue weighted by Gasteiger charge is 2.11. The minimum absolute atomic E-state index is 0.0450. The van der Waals surface area contributed by atoms with Crippen molar-refractivity contribution in [2.75, 3.05) is 13.2 Å². The maximum Gasteiger partial charge on any atom is 0.224 e. The first-order valence-corrected chi connectivity index (χ1v) is 14.1. The van der Waals surface area contributed by atoms with E-state index in [9.17, 15) is 4.79 Å². The van der Waals surface area contributed by atoms with Crippen molar-refractivity contribution in [2.24, 2.45) is 0 Å². The molecule has 0 aliphatic rings. The molecule has 3 aromatic carbocycles. The number of aromatic nitrogens is 2. The SMILES string of the molecule is CCC(C)c1ccc(OCCn2c(CCCCCNC(=O)Cc3ccc(Cl)cc3)nc3ccccc32)cc1. The molecular weight excluding hydrogens is 494 g/mol. The third-order valence-electron chi connectivity index (χ3n) is 7.06. The van der Waals surface area contributed by atoms with Crippen LogP contribution in [0.15, 0.2) is 72.8 Å². The summed E-state index contributed by atoms with van der Waals surface area (Å²) in [5.41, 5.74) is 4.49. The molecular formula is C32H38ClN3O2. The maximum atomic E-state index is 12.2. The summed E-state index contributed by atoms with van der Waals surface area (Å²) in [7, 11) is 0. The Bertz CT molecular complexity index is 1300. The topological polar surface area (TPSA) is 56.1 Å². The lowest BCUT2D eigenvalue weighted by molar-refractivity contribution is -0.120. The predicted molar refractivity (Wildman–Crippen MR) is 156 cm³/mol. The highest BCUT2D eigenvalue weighted by Crippen LogP contribution is 2.22. The number of imidazole rings is 1. The number of carbonyl (C=O) groups is 1. The molecule has 1 atom stereocenters. The van der Waals surface area contributed by atoms with E-state index < -0.39 is 0 Å². The van der Waals surface area contributed by atoms with E-state index in [2.05, 4.69) is 66.2 Å². The van der Waals surface area contributed by atoms with Crippen LogP contribution in [0.4, 0.5) is 0 Å². The van der Waals surface area contributed by atoms with E-state index in [1.807, 2.05) is 30.3 Å². The Morgan fingerprint density at radius 2 is 1.76 bits per heavy atom. The summed E-state index contributed by atoms with van der Waals surface area (Å²) in [6.07, 6.45) is 5.41. The Balaban J connectivity index is 1.23. The Hall–Kier alpha value is -3.31. The number of para-hydroxylation sites is 2. The van der Waals surface area contributed by atoms with Crippen LogP contribution in [0.2, 0.25) is 5.02 Å². The van der Waals surface area contributed by atoms with Crippen LogP contribution < -0.4 is 10.1 Å². The quantitative estimate of drug-likeness (QED) is 0.173. The molecule has 4 rings (SSSR count). The normalized spacial score (nSPS) is 12.0. The zero-order valence-corrected chi connectivity index (χ0v) is 23.2. The molecule has 1 aromatic heterocycles. The van der Waals surface area contributed by atoms with E-state index >= 15 is 0 Å². The average molecular weight is 532 g/mol. The second-order valence-electron chi connectivity index (χ2n) is 9.86. The molecule has 0 saturated heterocycles. The van der Waals surface area contributed by atoms with Gasteiger partial charge >= 0.3 is 0 Å². The van der Waals surface area contributed by atoms with Crippen molar-refractivity contribution in [3.05, 3.63) is 94.8 Å². The van der Waals surface area contributed by atoms with Gasteiger partial charge in [-0.05, 0) is 72.7 Å². The first-order valence-electron chi connectivity index (χ1n) is 13.7. The van der Waals surface area contributed by atoms with Crippen molar-refractivity contribution in [3.63, 3.8) is 0 Å². The number of fused-ring (bicyclic) bond motifs is 1. The molecule has 5 nitrogen and oxygen atoms in total. The van der Waals surface area contributed by atoms with Crippen molar-refractivity contribution < 1.29 is 9.53 Å². The van der Waals surface area contributed by atoms with Crippen molar-refractivity contribution in [3.8, 4) is 5.75 Å². The summed E-state index contributed by atoms with van der Waals surface area (Å²) in [6.45, 7) is 6.50. The number of amides is 1. The van der Waals surface area contributed by atoms with Gasteiger partial charge in [-0.25, -0.2) is 4.98 Å². The smallest absolute Gasteiger partial charge is 0.224 e. The minimum Gasteiger partial charge on any atom is -0.492 e. The summed E-state index contributed by atoms with van der Waals surface area (Å²) in [4.78, 5) is 17.1. The zero-order valence-electron chi connectivity index (χ0n) is 22.5. The Morgan fingerprint density at radius 3 is 2.53 bits per heavy atom. The van der Waals surface area contributed by atoms with Crippen LogP contribution in [0.5, 0.6) is 5.75 Å². The number of unbranched alkanes of at least 4 members (excludes halogenated alkanes) is 2. The zero-order chi connectivity index (χ0) is 26.7. The third-order valence-corrected chi connectivity index (χ3v) is 7.31. The van der Waals surface area contributed by atoms with E-state index in [0.717, 1.165) is 66.8 Å². The van der Waals surface area contributed by atoms with Crippen LogP contribution in [0.3, 0.4) is 0 Å². The number of halogens is 1. The fourth-order valence-corrected chi connectivity index (χ4v) is 4.74. The van der Waals surface area contributed by atoms with Crippen molar-refractivity contribution in [2.45, 2.75) is 64.8 Å². The molecule has 6 heteroatoms. The monoisotopic (exact) mass is 531 g/mol. The predicted octanol–water partition coefficient (Wildman–Crippen LogP) is 7.35. The van der Waals surface area contributed by atoms with Gasteiger partial charge in [0, 0.05) is 18.0 Å². The molecule has 0 bridgehead atoms. The van der Waals surface area contributed by atoms with Crippen LogP contribution in [-0.4, -0.2) is 28.6 Å². The lowest BCUT2D eigenvalue weighted by Gasteiger charge is -2.13. The van der Waals surface area contributed by atoms with Gasteiger partial charge in [-0.15, -0.1) is 0 Å². The van der Waals surface area contributed by atoms with Crippen molar-refractivity contribution >= 4 is 28.5 Å². The first kappa shape index (κ1) is 27.7. The van der Waals surface area contributed by atoms with Crippen LogP contribution in [0.1, 0.15) is 62.4 Å². The first-order chi connectivity index (χ1) is 18.5. The Kier molecular flexibility index (Phi) is 10.2. The van der Waals surface area contributed by atoms with Crippen molar-refractivity contribution in [1.82, 2.24) is 14.9 Å². The van der Waals surface area contributed by atoms with E-state index in [1.54, 1.807) is 0 Å². The number of carbonyl (C=O) groups excluding carboxylic acids is 1. The number of aryl methyl sites for hydroxylation is 1. The molecule has 4 aromatic rings. The number of nitrogens with one attached hydrogen (secondary N) is 1. The maximum absolute atomic E-state index is 12.2. The van der Waals surface area contributed by atoms with Gasteiger partial charge in [-0.1, -0.05) is 68.3 Å². The third kappa shape index (κ3) is 7.84. The summed E-state index contributed by atoms with van der Waals surface area (Å²) in [5.74, 6) is 2.60. The van der Waals surface area contributed by atoms with Gasteiger partial charge < -0.3 is 14.6 Å². The average Bonchev–Trinajstić information content (AvgIpc) is 3.29. The van der Waals surface area contributed by atoms with E-state index in [0.29, 0.717) is 30.5 Å². The number of hydrogen-bond donors (Lipinski definition) is 1. The van der Waals surface area contributed by atoms with Crippen LogP contribution in [0, 0.1) is 0 Å². The van der Waals surface area contributed by atoms with E-state index in [-0.39, 0.29) is 5.91 Å². The van der Waals surface area contributed by atoms with Crippen molar-refractivity contribution in [1.29, 1.82) is 0 Å². The molecule has 0 radical (unpaired) electrons. The molecule has 1 amide bonds. The number of ether oxygens (including phenoxy) is 1. The summed E-state index contributed by atoms with van der Waals surface area (Å²) in [5, 5.41) is 3.71. The van der Waals surface area contributed by atoms with Gasteiger partial charge in [-0.3, -0.25) is 4.79 Å². The largest absolute Gasteiger partial charge is 0.492 e. The molecule has 200 valence electrons. The molecule has 0 fully saturated rings. The van der Waals surface area contributed by atoms with Crippen LogP contribution in [0.25, 0.3) is 11.0 Å². The van der Waals surface area contributed by atoms with E-state index in [4.69, 9.17) is 21.3 Å². The van der Waals surface area contributed by atoms with E-state index in [1.165, 1.54) is 5.56 Å². The molecule has 0 aliphatic carbocycles. The molecule has 1 unspecified atom stereocenters. The number of rotatable bonds is 14. The lowest BCUT2D eigenvalue weighted by atomic mass is 9.99. The molecule has 0 aliphatic heterocycles. The fourth-order valence-electron chi connectivity index (χ4n) is 4.61. The molecule has 0 spiro atoms. The van der Waals surface area contributed by atoms with Crippen LogP contribution in [-0.2, 0) is 24.2 Å². The fraction of sp³-hybridized carbons (Fsp3) is 0.375. The summed E-state index contributed by atoms with van der Waals surface area (Å²) < 4.78 is 8.37. The van der Waals surface area contributed by atoms with Gasteiger partial charge in [0.15, 0.2) is 0 Å². The highest BCUT2D eigenvalue weighted by atomic mass is 35.5. The number of nitrogens with zero attached hydrogens (tertiary/aromatic N) is 2. The van der Waals surface area contributed by atoms with Crippen LogP contribution >= 0.6 is 11.6 Å². The second kappa shape index (κ2) is 14.0. The second-order valence-corrected chi connectivity index (χ2v) is 10.3. The van der Waals surface area contributed by atoms with Gasteiger partial charge in [0.2, 0.25) is 5.91 Å². The minimum atomic E-state index is 0.0450. The van der Waals surface area contributed by atoms with Gasteiger partial charge in [0.25, 0.3) is 0 Å². The lowest BCUT2D eigenvalue weighted by Crippen LogP contribution is -2.26. The Morgan fingerprint density at radius 1 is 1.00 bits per heavy atom. The Labute approximate surface area is 231 Å². The van der Waals surface area contributed by atoms with Gasteiger partial charge in [0.1, 0.15) is 18.2 Å². The number of benzene rings is 3. The molecule has 38 heavy (non-hydrogen) atoms. The summed E-state index contributed by atoms with van der Waals surface area (Å²) in [6, 6.07) is 24.2. The summed E-state index contributed by atoms with van der Waals surface area (Å²) >= 11 is 5.91. The van der Waals surface area contributed by atoms with Gasteiger partial charge in [-0.2, -0.15) is 0 Å². The highest BCUT2D eigenvalue weighted by molar-refractivity contribution is 6.30. The van der Waals surface area contributed by atoms with Gasteiger partial charge in [0.05, 0.1) is 24.0 Å². The molecule has 0 saturated carbocycles. The molecule has 1 N–H and O–H groups in total. The standard InChI is InChI=1S/C32H38ClN3O2/c1-3-24(2)26-14-18-28(19-15-26)38-22-21-36-30-10-7-6-9-29(30)35-31(36)11-5-4-8-20-34-32(37)23-25-12-16-27(33)17-13-25/h6-7,9-10,12-19,24H,3-5,8,11,20-23H2,1-2H3,(H,34,37).